The summed E-state index contributed by atoms with van der Waals surface area (Å²) < 4.78 is 13.2. The molecule has 1 aromatic carbocycles. The highest BCUT2D eigenvalue weighted by molar-refractivity contribution is 8.00. The van der Waals surface area contributed by atoms with Crippen molar-refractivity contribution in [3.63, 3.8) is 0 Å². The lowest BCUT2D eigenvalue weighted by atomic mass is 10.2. The molecule has 0 bridgehead atoms. The van der Waals surface area contributed by atoms with Gasteiger partial charge in [0.15, 0.2) is 0 Å². The van der Waals surface area contributed by atoms with Gasteiger partial charge in [-0.2, -0.15) is 0 Å². The number of benzene rings is 1. The molecular formula is C12H15FN2O3S. The summed E-state index contributed by atoms with van der Waals surface area (Å²) in [5, 5.41) is 11.1. The number of halogens is 1. The van der Waals surface area contributed by atoms with Gasteiger partial charge in [0, 0.05) is 17.9 Å². The van der Waals surface area contributed by atoms with E-state index in [2.05, 4.69) is 5.32 Å². The van der Waals surface area contributed by atoms with Crippen molar-refractivity contribution in [3.8, 4) is 0 Å². The highest BCUT2D eigenvalue weighted by Gasteiger charge is 2.12. The smallest absolute Gasteiger partial charge is 0.321 e. The molecule has 0 saturated carbocycles. The zero-order valence-corrected chi connectivity index (χ0v) is 11.0. The monoisotopic (exact) mass is 286 g/mol. The number of carboxylic acid groups (broad SMARTS) is 1. The number of carbonyl (C=O) groups is 2. The Kier molecular flexibility index (Phi) is 6.31. The van der Waals surface area contributed by atoms with E-state index in [1.807, 2.05) is 0 Å². The van der Waals surface area contributed by atoms with Crippen molar-refractivity contribution in [1.82, 2.24) is 5.32 Å². The number of nitrogens with two attached hydrogens (primary N) is 1. The molecule has 1 rings (SSSR count). The van der Waals surface area contributed by atoms with E-state index >= 15 is 0 Å². The highest BCUT2D eigenvalue weighted by atomic mass is 32.2. The van der Waals surface area contributed by atoms with Gasteiger partial charge in [-0.15, -0.1) is 11.8 Å². The topological polar surface area (TPSA) is 92.4 Å². The molecule has 0 saturated heterocycles. The summed E-state index contributed by atoms with van der Waals surface area (Å²) in [5.41, 5.74) is 5.69. The summed E-state index contributed by atoms with van der Waals surface area (Å²) in [6, 6.07) is 5.18. The zero-order chi connectivity index (χ0) is 14.3. The minimum Gasteiger partial charge on any atom is -0.480 e. The Morgan fingerprint density at radius 2 is 2.11 bits per heavy atom. The van der Waals surface area contributed by atoms with Crippen LogP contribution in [0.3, 0.4) is 0 Å². The fourth-order valence-electron chi connectivity index (χ4n) is 1.24. The SMILES string of the molecule is N[C@@H](CSCC(=O)NCc1ccccc1F)C(=O)O. The van der Waals surface area contributed by atoms with Crippen LogP contribution in [0, 0.1) is 5.82 Å². The van der Waals surface area contributed by atoms with E-state index in [1.54, 1.807) is 18.2 Å². The van der Waals surface area contributed by atoms with Gasteiger partial charge in [0.2, 0.25) is 5.91 Å². The molecule has 4 N–H and O–H groups in total. The van der Waals surface area contributed by atoms with Crippen molar-refractivity contribution in [2.75, 3.05) is 11.5 Å². The molecule has 1 atom stereocenters. The second-order valence-corrected chi connectivity index (χ2v) is 4.86. The van der Waals surface area contributed by atoms with Crippen LogP contribution in [-0.4, -0.2) is 34.5 Å². The average molecular weight is 286 g/mol. The van der Waals surface area contributed by atoms with Crippen LogP contribution in [0.15, 0.2) is 24.3 Å². The van der Waals surface area contributed by atoms with E-state index in [-0.39, 0.29) is 29.8 Å². The summed E-state index contributed by atoms with van der Waals surface area (Å²) in [5.74, 6) is -1.51. The van der Waals surface area contributed by atoms with E-state index in [0.29, 0.717) is 5.56 Å². The first-order chi connectivity index (χ1) is 9.00. The molecular weight excluding hydrogens is 271 g/mol. The molecule has 1 amide bonds. The van der Waals surface area contributed by atoms with Crippen LogP contribution in [0.25, 0.3) is 0 Å². The summed E-state index contributed by atoms with van der Waals surface area (Å²) in [6.07, 6.45) is 0. The van der Waals surface area contributed by atoms with Crippen LogP contribution in [0.2, 0.25) is 0 Å². The Hall–Kier alpha value is -1.60. The van der Waals surface area contributed by atoms with Gasteiger partial charge >= 0.3 is 5.97 Å². The van der Waals surface area contributed by atoms with E-state index in [4.69, 9.17) is 10.8 Å². The molecule has 0 aliphatic rings. The molecule has 0 aliphatic heterocycles. The lowest BCUT2D eigenvalue weighted by molar-refractivity contribution is -0.138. The summed E-state index contributed by atoms with van der Waals surface area (Å²) in [6.45, 7) is 0.108. The fraction of sp³-hybridized carbons (Fsp3) is 0.333. The Labute approximate surface area is 114 Å². The summed E-state index contributed by atoms with van der Waals surface area (Å²) in [4.78, 5) is 21.9. The maximum absolute atomic E-state index is 13.2. The van der Waals surface area contributed by atoms with E-state index in [9.17, 15) is 14.0 Å². The number of amides is 1. The Bertz CT molecular complexity index is 456. The number of aliphatic carboxylic acids is 1. The number of carbonyl (C=O) groups excluding carboxylic acids is 1. The van der Waals surface area contributed by atoms with Gasteiger partial charge in [-0.25, -0.2) is 4.39 Å². The van der Waals surface area contributed by atoms with E-state index in [1.165, 1.54) is 6.07 Å². The quantitative estimate of drug-likeness (QED) is 0.682. The molecule has 0 radical (unpaired) electrons. The minimum atomic E-state index is -1.10. The van der Waals surface area contributed by atoms with Crippen molar-refractivity contribution in [2.24, 2.45) is 5.73 Å². The van der Waals surface area contributed by atoms with Gasteiger partial charge < -0.3 is 16.2 Å². The largest absolute Gasteiger partial charge is 0.480 e. The summed E-state index contributed by atoms with van der Waals surface area (Å²) >= 11 is 1.13. The van der Waals surface area contributed by atoms with Gasteiger partial charge in [0.25, 0.3) is 0 Å². The first-order valence-electron chi connectivity index (χ1n) is 5.57. The second-order valence-electron chi connectivity index (χ2n) is 3.83. The van der Waals surface area contributed by atoms with Crippen LogP contribution < -0.4 is 11.1 Å². The molecule has 0 aliphatic carbocycles. The normalized spacial score (nSPS) is 11.9. The fourth-order valence-corrected chi connectivity index (χ4v) is 2.04. The van der Waals surface area contributed by atoms with Crippen LogP contribution in [0.4, 0.5) is 4.39 Å². The minimum absolute atomic E-state index is 0.0927. The number of rotatable bonds is 7. The number of thioether (sulfide) groups is 1. The van der Waals surface area contributed by atoms with Crippen molar-refractivity contribution < 1.29 is 19.1 Å². The molecule has 0 fully saturated rings. The number of carboxylic acids is 1. The average Bonchev–Trinajstić information content (AvgIpc) is 2.37. The van der Waals surface area contributed by atoms with Crippen molar-refractivity contribution in [1.29, 1.82) is 0 Å². The standard InChI is InChI=1S/C12H15FN2O3S/c13-9-4-2-1-3-8(9)5-15-11(16)7-19-6-10(14)12(17)18/h1-4,10H,5-7,14H2,(H,15,16)(H,17,18)/t10-/m0/s1. The van der Waals surface area contributed by atoms with Crippen molar-refractivity contribution >= 4 is 23.6 Å². The van der Waals surface area contributed by atoms with Gasteiger partial charge in [-0.05, 0) is 6.07 Å². The Morgan fingerprint density at radius 1 is 1.42 bits per heavy atom. The Morgan fingerprint density at radius 3 is 2.74 bits per heavy atom. The second kappa shape index (κ2) is 7.75. The Balaban J connectivity index is 2.25. The van der Waals surface area contributed by atoms with Crippen LogP contribution in [0.1, 0.15) is 5.56 Å². The third-order valence-electron chi connectivity index (χ3n) is 2.28. The van der Waals surface area contributed by atoms with E-state index < -0.39 is 12.0 Å². The van der Waals surface area contributed by atoms with E-state index in [0.717, 1.165) is 11.8 Å². The first-order valence-corrected chi connectivity index (χ1v) is 6.72. The molecule has 5 nitrogen and oxygen atoms in total. The lowest BCUT2D eigenvalue weighted by Crippen LogP contribution is -2.33. The predicted octanol–water partition coefficient (Wildman–Crippen LogP) is 0.587. The highest BCUT2D eigenvalue weighted by Crippen LogP contribution is 2.06. The molecule has 0 heterocycles. The number of hydrogen-bond donors (Lipinski definition) is 3. The lowest BCUT2D eigenvalue weighted by Gasteiger charge is -2.07. The van der Waals surface area contributed by atoms with Gasteiger partial charge in [0.05, 0.1) is 5.75 Å². The molecule has 7 heteroatoms. The third-order valence-corrected chi connectivity index (χ3v) is 3.34. The number of nitrogens with one attached hydrogen (secondary N) is 1. The van der Waals surface area contributed by atoms with Gasteiger partial charge in [0.1, 0.15) is 11.9 Å². The molecule has 0 unspecified atom stereocenters. The van der Waals surface area contributed by atoms with Crippen molar-refractivity contribution in [2.45, 2.75) is 12.6 Å². The molecule has 104 valence electrons. The van der Waals surface area contributed by atoms with Crippen molar-refractivity contribution in [3.05, 3.63) is 35.6 Å². The first kappa shape index (κ1) is 15.5. The number of hydrogen-bond acceptors (Lipinski definition) is 4. The molecule has 19 heavy (non-hydrogen) atoms. The van der Waals surface area contributed by atoms with Gasteiger partial charge in [-0.1, -0.05) is 18.2 Å². The van der Waals surface area contributed by atoms with Crippen LogP contribution in [0.5, 0.6) is 0 Å². The van der Waals surface area contributed by atoms with Crippen LogP contribution in [-0.2, 0) is 16.1 Å². The maximum Gasteiger partial charge on any atom is 0.321 e. The third kappa shape index (κ3) is 5.71. The molecule has 0 aromatic heterocycles. The molecule has 0 spiro atoms. The van der Waals surface area contributed by atoms with Gasteiger partial charge in [-0.3, -0.25) is 9.59 Å². The maximum atomic E-state index is 13.2. The summed E-state index contributed by atoms with van der Waals surface area (Å²) in [7, 11) is 0. The predicted molar refractivity (Wildman–Crippen MR) is 71.2 cm³/mol. The zero-order valence-electron chi connectivity index (χ0n) is 10.1. The van der Waals surface area contributed by atoms with Crippen LogP contribution >= 0.6 is 11.8 Å². The molecule has 1 aromatic rings.